The lowest BCUT2D eigenvalue weighted by molar-refractivity contribution is -0.849. The van der Waals surface area contributed by atoms with Gasteiger partial charge in [0, 0.05) is 51.2 Å². The molecule has 594 valence electrons. The van der Waals surface area contributed by atoms with Crippen molar-refractivity contribution in [1.82, 2.24) is 19.6 Å². The second kappa shape index (κ2) is 51.3. The minimum absolute atomic E-state index is 0. The fourth-order valence-corrected chi connectivity index (χ4v) is 14.2. The van der Waals surface area contributed by atoms with Gasteiger partial charge >= 0.3 is 24.2 Å². The summed E-state index contributed by atoms with van der Waals surface area (Å²) in [6.45, 7) is 24.1. The van der Waals surface area contributed by atoms with Crippen molar-refractivity contribution in [3.05, 3.63) is 182 Å². The van der Waals surface area contributed by atoms with Crippen LogP contribution in [0.15, 0.2) is 211 Å². The lowest BCUT2D eigenvalue weighted by Gasteiger charge is -2.32. The summed E-state index contributed by atoms with van der Waals surface area (Å²) in [5, 5.41) is 62.9. The molecule has 0 saturated carbocycles. The van der Waals surface area contributed by atoms with Crippen molar-refractivity contribution >= 4 is 58.0 Å². The second-order valence-corrected chi connectivity index (χ2v) is 33.5. The first kappa shape index (κ1) is 97.0. The maximum Gasteiger partial charge on any atom is 0.411 e. The summed E-state index contributed by atoms with van der Waals surface area (Å²) in [5.41, 5.74) is -1.41. The number of carbonyl (C=O) groups is 6. The SMILES string of the molecule is CC(=O)[O-].CC(=O)[O-].CC(C)(C)OC(=O)N1CCC(O)CC1.CC(C)(C)OC(=O)N1CCCC1C(=O)O.CCC(C)(C)OC(=O)N1CCC(O)CC1.C[N+](C)(C)C.OCC(O)CN1CCCCC1.[OH-].c1ccc([S+](c2ccccc2)c2ccccc2)cc1.c1ccc([S+](c2ccccc2)c2ccccc2)cc1. The van der Waals surface area contributed by atoms with Crippen LogP contribution in [-0.2, 0) is 50.4 Å². The molecule has 4 saturated heterocycles. The third-order valence-corrected chi connectivity index (χ3v) is 19.7. The van der Waals surface area contributed by atoms with Crippen molar-refractivity contribution in [2.75, 3.05) is 87.2 Å². The van der Waals surface area contributed by atoms with Crippen molar-refractivity contribution in [3.8, 4) is 0 Å². The lowest BCUT2D eigenvalue weighted by Crippen LogP contribution is -2.43. The van der Waals surface area contributed by atoms with E-state index in [9.17, 15) is 29.4 Å². The van der Waals surface area contributed by atoms with Gasteiger partial charge in [0.2, 0.25) is 0 Å². The Morgan fingerprint density at radius 2 is 0.738 bits per heavy atom. The summed E-state index contributed by atoms with van der Waals surface area (Å²) in [6.07, 6.45) is 6.30. The molecule has 0 spiro atoms. The zero-order valence-electron chi connectivity index (χ0n) is 65.8. The Bertz CT molecular complexity index is 3030. The van der Waals surface area contributed by atoms with Crippen LogP contribution in [0.2, 0.25) is 0 Å². The number of likely N-dealkylation sites (tertiary alicyclic amines) is 4. The number of rotatable bonds is 12. The molecule has 22 nitrogen and oxygen atoms in total. The smallest absolute Gasteiger partial charge is 0.411 e. The number of amides is 3. The second-order valence-electron chi connectivity index (χ2n) is 29.4. The molecule has 2 unspecified atom stereocenters. The van der Waals surface area contributed by atoms with Gasteiger partial charge in [-0.2, -0.15) is 0 Å². The van der Waals surface area contributed by atoms with E-state index in [1.807, 2.05) is 41.5 Å². The van der Waals surface area contributed by atoms with Crippen LogP contribution in [0.5, 0.6) is 0 Å². The molecule has 3 amide bonds. The molecular formula is C83H123N5O17S2. The number of benzene rings is 6. The van der Waals surface area contributed by atoms with Crippen LogP contribution in [0.1, 0.15) is 140 Å². The zero-order chi connectivity index (χ0) is 79.5. The number of nitrogens with zero attached hydrogens (tertiary/aromatic N) is 5. The van der Waals surface area contributed by atoms with Gasteiger partial charge in [0.15, 0.2) is 29.4 Å². The molecule has 0 aliphatic carbocycles. The quantitative estimate of drug-likeness (QED) is 0.0432. The number of quaternary nitrogens is 1. The molecule has 4 fully saturated rings. The third kappa shape index (κ3) is 44.8. The van der Waals surface area contributed by atoms with Gasteiger partial charge in [0.25, 0.3) is 0 Å². The number of aliphatic hydroxyl groups excluding tert-OH is 4. The van der Waals surface area contributed by atoms with Crippen LogP contribution in [0.3, 0.4) is 0 Å². The molecule has 0 aromatic heterocycles. The van der Waals surface area contributed by atoms with Crippen molar-refractivity contribution in [2.24, 2.45) is 0 Å². The molecule has 4 heterocycles. The van der Waals surface area contributed by atoms with Crippen LogP contribution >= 0.6 is 0 Å². The summed E-state index contributed by atoms with van der Waals surface area (Å²) < 4.78 is 16.7. The van der Waals surface area contributed by atoms with E-state index in [4.69, 9.17) is 49.3 Å². The van der Waals surface area contributed by atoms with Crippen LogP contribution in [0.25, 0.3) is 0 Å². The summed E-state index contributed by atoms with van der Waals surface area (Å²) in [6, 6.07) is 63.6. The Morgan fingerprint density at radius 1 is 0.467 bits per heavy atom. The van der Waals surface area contributed by atoms with Crippen LogP contribution in [0.4, 0.5) is 14.4 Å². The predicted molar refractivity (Wildman–Crippen MR) is 418 cm³/mol. The Hall–Kier alpha value is -8.04. The number of carboxylic acids is 3. The summed E-state index contributed by atoms with van der Waals surface area (Å²) in [7, 11) is 8.47. The number of ether oxygens (including phenoxy) is 3. The number of hydrogen-bond acceptors (Lipinski definition) is 17. The van der Waals surface area contributed by atoms with Gasteiger partial charge in [-0.25, -0.2) is 19.2 Å². The average Bonchev–Trinajstić information content (AvgIpc) is 1.51. The number of aliphatic carboxylic acids is 3. The minimum Gasteiger partial charge on any atom is -0.870 e. The van der Waals surface area contributed by atoms with Crippen molar-refractivity contribution < 1.29 is 88.7 Å². The highest BCUT2D eigenvalue weighted by molar-refractivity contribution is 7.97. The van der Waals surface area contributed by atoms with Crippen molar-refractivity contribution in [3.63, 3.8) is 0 Å². The fraction of sp³-hybridized carbons (Fsp3) is 0.494. The number of carboxylic acid groups (broad SMARTS) is 3. The molecular weight excluding hydrogens is 1400 g/mol. The van der Waals surface area contributed by atoms with Gasteiger partial charge < -0.3 is 84.2 Å². The highest BCUT2D eigenvalue weighted by Gasteiger charge is 2.37. The predicted octanol–water partition coefficient (Wildman–Crippen LogP) is 11.7. The van der Waals surface area contributed by atoms with E-state index in [0.717, 1.165) is 44.3 Å². The summed E-state index contributed by atoms with van der Waals surface area (Å²) in [5.74, 6) is -3.13. The molecule has 6 N–H and O–H groups in total. The van der Waals surface area contributed by atoms with E-state index in [2.05, 4.69) is 215 Å². The van der Waals surface area contributed by atoms with E-state index in [1.165, 1.54) is 53.5 Å². The van der Waals surface area contributed by atoms with E-state index >= 15 is 0 Å². The number of β-amino-alcohol motifs (C(OH)–C–C–N with tert-alkyl or cyclic N) is 1. The number of piperidine rings is 3. The van der Waals surface area contributed by atoms with E-state index < -0.39 is 53.0 Å². The molecule has 24 heteroatoms. The minimum atomic E-state index is -1.08. The first-order chi connectivity index (χ1) is 49.8. The molecule has 6 aromatic rings. The van der Waals surface area contributed by atoms with Gasteiger partial charge in [-0.15, -0.1) is 0 Å². The molecule has 2 atom stereocenters. The Labute approximate surface area is 642 Å². The van der Waals surface area contributed by atoms with Crippen LogP contribution in [-0.4, -0.2) is 220 Å². The lowest BCUT2D eigenvalue weighted by atomic mass is 10.1. The molecule has 0 radical (unpaired) electrons. The van der Waals surface area contributed by atoms with Gasteiger partial charge in [-0.3, -0.25) is 4.90 Å². The Kier molecular flexibility index (Phi) is 46.5. The highest BCUT2D eigenvalue weighted by atomic mass is 32.2. The fourth-order valence-electron chi connectivity index (χ4n) is 10.0. The first-order valence-electron chi connectivity index (χ1n) is 36.3. The monoisotopic (exact) mass is 1530 g/mol. The topological polar surface area (TPSA) is 320 Å². The van der Waals surface area contributed by atoms with Crippen molar-refractivity contribution in [2.45, 2.75) is 211 Å². The molecule has 107 heavy (non-hydrogen) atoms. The molecule has 4 aliphatic heterocycles. The molecule has 6 aromatic carbocycles. The molecule has 4 aliphatic rings. The highest BCUT2D eigenvalue weighted by Crippen LogP contribution is 2.32. The van der Waals surface area contributed by atoms with Gasteiger partial charge in [-0.1, -0.05) is 123 Å². The normalized spacial score (nSPS) is 15.4. The van der Waals surface area contributed by atoms with E-state index in [1.54, 1.807) is 30.6 Å². The Morgan fingerprint density at radius 3 is 0.991 bits per heavy atom. The standard InChI is InChI=1S/2C18H15S.C11H21NO3.C10H17NO4.C10H19NO3.C8H17NO2.C4H12N.2C2H4O2.H2O/c2*1-4-10-16(11-5-1)19(17-12-6-2-7-13-17)18-14-8-3-9-15-18;1-4-11(2,3)15-10(14)12-7-5-9(13)6-8-12;1-10(2,3)15-9(14)11-6-4-5-7(11)8(12)13;1-10(2,3)14-9(13)11-6-4-8(12)5-7-11;10-7-8(11)6-9-4-2-1-3-5-9;1-5(2,3)4;2*1-2(3)4;/h2*1-15H;9,13H,4-8H2,1-3H3;7H,4-6H2,1-3H3,(H,12,13);8,12H,4-7H2,1-3H3;8,10-11H,1-7H2;1-4H3;2*1H3,(H,3,4);1H2/q2*+1;;;;;+1;;;/p-3. The van der Waals surface area contributed by atoms with Crippen LogP contribution in [0, 0.1) is 0 Å². The van der Waals surface area contributed by atoms with E-state index in [-0.39, 0.29) is 58.3 Å². The van der Waals surface area contributed by atoms with Crippen molar-refractivity contribution in [1.29, 1.82) is 0 Å². The largest absolute Gasteiger partial charge is 0.870 e. The third-order valence-electron chi connectivity index (χ3n) is 15.2. The molecule has 0 bridgehead atoms. The molecule has 10 rings (SSSR count). The summed E-state index contributed by atoms with van der Waals surface area (Å²) in [4.78, 5) is 78.5. The van der Waals surface area contributed by atoms with Gasteiger partial charge in [0.05, 0.1) is 74.9 Å². The van der Waals surface area contributed by atoms with Gasteiger partial charge in [0.1, 0.15) is 22.8 Å². The Balaban J connectivity index is 0.000000624. The zero-order valence-corrected chi connectivity index (χ0v) is 67.4. The van der Waals surface area contributed by atoms with Gasteiger partial charge in [-0.05, 0) is 213 Å². The maximum atomic E-state index is 11.7. The number of aliphatic hydroxyl groups is 4. The number of hydrogen-bond donors (Lipinski definition) is 5. The average molecular weight is 1530 g/mol. The summed E-state index contributed by atoms with van der Waals surface area (Å²) >= 11 is 0. The van der Waals surface area contributed by atoms with Crippen LogP contribution < -0.4 is 10.2 Å². The maximum absolute atomic E-state index is 11.7. The first-order valence-corrected chi connectivity index (χ1v) is 38.8. The number of carbonyl (C=O) groups excluding carboxylic acids is 5. The van der Waals surface area contributed by atoms with E-state index in [0.29, 0.717) is 71.4 Å².